The molecule has 0 bridgehead atoms. The number of fused-ring (bicyclic) bond motifs is 1. The minimum absolute atomic E-state index is 0.213. The molecule has 0 aromatic heterocycles. The summed E-state index contributed by atoms with van der Waals surface area (Å²) >= 11 is 0. The molecule has 3 aromatic rings. The van der Waals surface area contributed by atoms with Crippen molar-refractivity contribution in [3.05, 3.63) is 102 Å². The molecule has 5 rings (SSSR count). The zero-order valence-electron chi connectivity index (χ0n) is 17.8. The van der Waals surface area contributed by atoms with Gasteiger partial charge in [0.1, 0.15) is 5.82 Å². The summed E-state index contributed by atoms with van der Waals surface area (Å²) < 4.78 is 20.1. The van der Waals surface area contributed by atoms with Crippen LogP contribution >= 0.6 is 0 Å². The molecule has 0 unspecified atom stereocenters. The molecule has 1 N–H and O–H groups in total. The van der Waals surface area contributed by atoms with E-state index >= 15 is 0 Å². The molecule has 2 heterocycles. The number of methoxy groups -OCH3 is 1. The van der Waals surface area contributed by atoms with E-state index in [1.54, 1.807) is 78.9 Å². The standard InChI is InChI=1S/C26H21FN2O4/c1-33-25(32)26(16-10-4-2-5-11-16)21-20(22(28-26)18-14-8-9-15-19(18)27)23(30)29(24(21)31)17-12-6-3-7-13-17/h2-15,20-22,28H,1H3/t20-,21+,22-,26-/m0/s1. The number of halogens is 1. The van der Waals surface area contributed by atoms with E-state index in [2.05, 4.69) is 5.32 Å². The Morgan fingerprint density at radius 1 is 0.909 bits per heavy atom. The van der Waals surface area contributed by atoms with Crippen molar-refractivity contribution < 1.29 is 23.5 Å². The predicted molar refractivity (Wildman–Crippen MR) is 118 cm³/mol. The zero-order chi connectivity index (χ0) is 23.2. The molecule has 2 fully saturated rings. The minimum Gasteiger partial charge on any atom is -0.467 e. The average Bonchev–Trinajstić information content (AvgIpc) is 3.34. The van der Waals surface area contributed by atoms with E-state index in [0.717, 1.165) is 4.90 Å². The molecule has 0 radical (unpaired) electrons. The highest BCUT2D eigenvalue weighted by Crippen LogP contribution is 2.54. The number of nitrogens with one attached hydrogen (secondary N) is 1. The first-order valence-corrected chi connectivity index (χ1v) is 10.6. The number of ether oxygens (including phenoxy) is 1. The van der Waals surface area contributed by atoms with Crippen LogP contribution in [0.3, 0.4) is 0 Å². The predicted octanol–water partition coefficient (Wildman–Crippen LogP) is 3.34. The second-order valence-corrected chi connectivity index (χ2v) is 8.16. The molecule has 0 aliphatic carbocycles. The second-order valence-electron chi connectivity index (χ2n) is 8.16. The van der Waals surface area contributed by atoms with E-state index in [1.807, 2.05) is 0 Å². The van der Waals surface area contributed by atoms with Gasteiger partial charge in [-0.05, 0) is 23.8 Å². The van der Waals surface area contributed by atoms with Crippen molar-refractivity contribution >= 4 is 23.5 Å². The Bertz CT molecular complexity index is 1230. The summed E-state index contributed by atoms with van der Waals surface area (Å²) in [6.45, 7) is 0. The first kappa shape index (κ1) is 21.0. The molecule has 0 saturated carbocycles. The van der Waals surface area contributed by atoms with Crippen LogP contribution in [0.1, 0.15) is 17.2 Å². The Morgan fingerprint density at radius 3 is 2.15 bits per heavy atom. The number of esters is 1. The van der Waals surface area contributed by atoms with Gasteiger partial charge in [-0.2, -0.15) is 0 Å². The number of benzene rings is 3. The third kappa shape index (κ3) is 3.00. The molecule has 2 saturated heterocycles. The largest absolute Gasteiger partial charge is 0.467 e. The number of hydrogen-bond donors (Lipinski definition) is 1. The van der Waals surface area contributed by atoms with Crippen molar-refractivity contribution in [1.82, 2.24) is 5.32 Å². The van der Waals surface area contributed by atoms with Gasteiger partial charge in [-0.25, -0.2) is 14.1 Å². The summed E-state index contributed by atoms with van der Waals surface area (Å²) in [7, 11) is 1.23. The van der Waals surface area contributed by atoms with Crippen molar-refractivity contribution in [2.75, 3.05) is 12.0 Å². The van der Waals surface area contributed by atoms with Crippen LogP contribution in [0.4, 0.5) is 10.1 Å². The van der Waals surface area contributed by atoms with Crippen LogP contribution in [0.2, 0.25) is 0 Å². The van der Waals surface area contributed by atoms with Crippen LogP contribution in [-0.2, 0) is 24.7 Å². The molecule has 166 valence electrons. The number of carbonyl (C=O) groups excluding carboxylic acids is 3. The number of para-hydroxylation sites is 1. The van der Waals surface area contributed by atoms with E-state index in [9.17, 15) is 18.8 Å². The number of carbonyl (C=O) groups is 3. The number of rotatable bonds is 4. The molecule has 2 amide bonds. The van der Waals surface area contributed by atoms with Gasteiger partial charge in [0.15, 0.2) is 5.54 Å². The quantitative estimate of drug-likeness (QED) is 0.494. The lowest BCUT2D eigenvalue weighted by Gasteiger charge is -2.33. The van der Waals surface area contributed by atoms with Gasteiger partial charge in [-0.15, -0.1) is 0 Å². The smallest absolute Gasteiger partial charge is 0.331 e. The fraction of sp³-hybridized carbons (Fsp3) is 0.192. The summed E-state index contributed by atoms with van der Waals surface area (Å²) in [6, 6.07) is 22.4. The Balaban J connectivity index is 1.75. The second kappa shape index (κ2) is 7.94. The monoisotopic (exact) mass is 444 g/mol. The Kier molecular flexibility index (Phi) is 5.06. The van der Waals surface area contributed by atoms with Crippen molar-refractivity contribution in [2.45, 2.75) is 11.6 Å². The molecule has 7 heteroatoms. The van der Waals surface area contributed by atoms with Crippen molar-refractivity contribution in [3.63, 3.8) is 0 Å². The Labute approximate surface area is 190 Å². The highest BCUT2D eigenvalue weighted by molar-refractivity contribution is 6.24. The Hall–Kier alpha value is -3.84. The SMILES string of the molecule is COC(=O)[C@@]1(c2ccccc2)N[C@@H](c2ccccc2F)[C@H]2C(=O)N(c3ccccc3)C(=O)[C@@H]21. The molecule has 0 spiro atoms. The minimum atomic E-state index is -1.66. The van der Waals surface area contributed by atoms with Gasteiger partial charge in [0.2, 0.25) is 11.8 Å². The molecular weight excluding hydrogens is 423 g/mol. The number of anilines is 1. The van der Waals surface area contributed by atoms with E-state index in [-0.39, 0.29) is 5.56 Å². The van der Waals surface area contributed by atoms with Crippen LogP contribution in [0.25, 0.3) is 0 Å². The fourth-order valence-corrected chi connectivity index (χ4v) is 5.17. The van der Waals surface area contributed by atoms with Crippen LogP contribution in [0, 0.1) is 17.7 Å². The first-order valence-electron chi connectivity index (χ1n) is 10.6. The number of imide groups is 1. The number of hydrogen-bond acceptors (Lipinski definition) is 5. The van der Waals surface area contributed by atoms with Gasteiger partial charge in [0, 0.05) is 11.6 Å². The maximum atomic E-state index is 14.9. The van der Waals surface area contributed by atoms with Crippen LogP contribution in [0.15, 0.2) is 84.9 Å². The Morgan fingerprint density at radius 2 is 1.52 bits per heavy atom. The molecule has 4 atom stereocenters. The molecule has 2 aliphatic rings. The van der Waals surface area contributed by atoms with Gasteiger partial charge >= 0.3 is 5.97 Å². The molecular formula is C26H21FN2O4. The zero-order valence-corrected chi connectivity index (χ0v) is 17.8. The highest BCUT2D eigenvalue weighted by atomic mass is 19.1. The van der Waals surface area contributed by atoms with Crippen LogP contribution in [-0.4, -0.2) is 24.9 Å². The fourth-order valence-electron chi connectivity index (χ4n) is 5.17. The highest BCUT2D eigenvalue weighted by Gasteiger charge is 2.69. The summed E-state index contributed by atoms with van der Waals surface area (Å²) in [5.41, 5.74) is -0.572. The lowest BCUT2D eigenvalue weighted by atomic mass is 9.75. The molecule has 2 aliphatic heterocycles. The van der Waals surface area contributed by atoms with Gasteiger partial charge in [0.05, 0.1) is 24.6 Å². The van der Waals surface area contributed by atoms with Crippen LogP contribution < -0.4 is 10.2 Å². The summed E-state index contributed by atoms with van der Waals surface area (Å²) in [4.78, 5) is 42.0. The van der Waals surface area contributed by atoms with Gasteiger partial charge in [-0.1, -0.05) is 66.7 Å². The van der Waals surface area contributed by atoms with Gasteiger partial charge in [0.25, 0.3) is 0 Å². The third-order valence-electron chi connectivity index (χ3n) is 6.55. The number of nitrogens with zero attached hydrogens (tertiary/aromatic N) is 1. The normalized spacial score (nSPS) is 26.4. The van der Waals surface area contributed by atoms with Crippen molar-refractivity contribution in [3.8, 4) is 0 Å². The lowest BCUT2D eigenvalue weighted by molar-refractivity contribution is -0.152. The van der Waals surface area contributed by atoms with E-state index in [1.165, 1.54) is 13.2 Å². The first-order chi connectivity index (χ1) is 16.0. The topological polar surface area (TPSA) is 75.7 Å². The number of amides is 2. The van der Waals surface area contributed by atoms with Crippen LogP contribution in [0.5, 0.6) is 0 Å². The van der Waals surface area contributed by atoms with Crippen molar-refractivity contribution in [2.24, 2.45) is 11.8 Å². The van der Waals surface area contributed by atoms with E-state index in [4.69, 9.17) is 4.74 Å². The summed E-state index contributed by atoms with van der Waals surface area (Å²) in [6.07, 6.45) is 0. The summed E-state index contributed by atoms with van der Waals surface area (Å²) in [5, 5.41) is 3.18. The summed E-state index contributed by atoms with van der Waals surface area (Å²) in [5.74, 6) is -4.38. The van der Waals surface area contributed by atoms with Gasteiger partial charge < -0.3 is 4.74 Å². The van der Waals surface area contributed by atoms with E-state index < -0.39 is 47.0 Å². The van der Waals surface area contributed by atoms with Crippen molar-refractivity contribution in [1.29, 1.82) is 0 Å². The molecule has 3 aromatic carbocycles. The maximum Gasteiger partial charge on any atom is 0.331 e. The molecule has 6 nitrogen and oxygen atoms in total. The maximum absolute atomic E-state index is 14.9. The lowest BCUT2D eigenvalue weighted by Crippen LogP contribution is -2.53. The van der Waals surface area contributed by atoms with Gasteiger partial charge in [-0.3, -0.25) is 14.9 Å². The molecule has 33 heavy (non-hydrogen) atoms. The van der Waals surface area contributed by atoms with E-state index in [0.29, 0.717) is 11.3 Å². The average molecular weight is 444 g/mol. The third-order valence-corrected chi connectivity index (χ3v) is 6.55.